The Morgan fingerprint density at radius 3 is 2.74 bits per heavy atom. The fourth-order valence-corrected chi connectivity index (χ4v) is 1.47. The van der Waals surface area contributed by atoms with Gasteiger partial charge in [-0.2, -0.15) is 4.98 Å². The Morgan fingerprint density at radius 2 is 2.11 bits per heavy atom. The molecule has 1 heterocycles. The molecule has 2 amide bonds. The molecular weight excluding hydrogens is 246 g/mol. The van der Waals surface area contributed by atoms with Crippen molar-refractivity contribution in [1.29, 1.82) is 0 Å². The molecule has 0 radical (unpaired) electrons. The topological polar surface area (TPSA) is 106 Å². The maximum atomic E-state index is 11.6. The van der Waals surface area contributed by atoms with Gasteiger partial charge in [-0.15, -0.1) is 0 Å². The van der Waals surface area contributed by atoms with Crippen LogP contribution < -0.4 is 16.4 Å². The maximum absolute atomic E-state index is 11.6. The second-order valence-electron chi connectivity index (χ2n) is 3.99. The summed E-state index contributed by atoms with van der Waals surface area (Å²) in [5.41, 5.74) is 6.88. The second kappa shape index (κ2) is 5.85. The number of hydrogen-bond donors (Lipinski definition) is 3. The maximum Gasteiger partial charge on any atom is 0.319 e. The largest absolute Gasteiger partial charge is 0.399 e. The van der Waals surface area contributed by atoms with E-state index in [2.05, 4.69) is 20.8 Å². The normalized spacial score (nSPS) is 10.2. The first kappa shape index (κ1) is 12.9. The summed E-state index contributed by atoms with van der Waals surface area (Å²) in [6, 6.07) is 6.61. The van der Waals surface area contributed by atoms with E-state index in [0.29, 0.717) is 36.1 Å². The van der Waals surface area contributed by atoms with Gasteiger partial charge >= 0.3 is 6.03 Å². The van der Waals surface area contributed by atoms with E-state index in [-0.39, 0.29) is 6.03 Å². The zero-order valence-electron chi connectivity index (χ0n) is 10.5. The van der Waals surface area contributed by atoms with Crippen LogP contribution in [-0.2, 0) is 6.42 Å². The molecule has 2 aromatic rings. The standard InChI is InChI=1S/C12H15N5O2/c1-8-15-11(19-17-8)6-7-14-12(18)16-10-4-2-9(13)3-5-10/h2-5H,6-7,13H2,1H3,(H2,14,16,18). The molecule has 0 aliphatic carbocycles. The number of nitrogen functional groups attached to an aromatic ring is 1. The quantitative estimate of drug-likeness (QED) is 0.720. The molecule has 0 aliphatic rings. The van der Waals surface area contributed by atoms with Gasteiger partial charge in [0, 0.05) is 24.3 Å². The Kier molecular flexibility index (Phi) is 3.97. The first-order valence-electron chi connectivity index (χ1n) is 5.83. The highest BCUT2D eigenvalue weighted by molar-refractivity contribution is 5.89. The van der Waals surface area contributed by atoms with Gasteiger partial charge in [-0.1, -0.05) is 5.16 Å². The lowest BCUT2D eigenvalue weighted by Gasteiger charge is -2.06. The van der Waals surface area contributed by atoms with Crippen LogP contribution in [0.25, 0.3) is 0 Å². The molecule has 4 N–H and O–H groups in total. The fraction of sp³-hybridized carbons (Fsp3) is 0.250. The van der Waals surface area contributed by atoms with Crippen molar-refractivity contribution in [3.63, 3.8) is 0 Å². The van der Waals surface area contributed by atoms with Crippen molar-refractivity contribution < 1.29 is 9.32 Å². The molecule has 0 bridgehead atoms. The smallest absolute Gasteiger partial charge is 0.319 e. The number of amides is 2. The van der Waals surface area contributed by atoms with Crippen LogP contribution in [0.1, 0.15) is 11.7 Å². The third kappa shape index (κ3) is 3.98. The van der Waals surface area contributed by atoms with E-state index in [1.165, 1.54) is 0 Å². The number of anilines is 2. The monoisotopic (exact) mass is 261 g/mol. The molecule has 0 aliphatic heterocycles. The zero-order valence-corrected chi connectivity index (χ0v) is 10.5. The summed E-state index contributed by atoms with van der Waals surface area (Å²) in [5.74, 6) is 1.09. The number of aromatic nitrogens is 2. The second-order valence-corrected chi connectivity index (χ2v) is 3.99. The molecule has 2 rings (SSSR count). The van der Waals surface area contributed by atoms with Crippen molar-refractivity contribution in [3.8, 4) is 0 Å². The number of nitrogens with two attached hydrogens (primary N) is 1. The molecule has 0 spiro atoms. The number of aryl methyl sites for hydroxylation is 1. The third-order valence-electron chi connectivity index (χ3n) is 2.36. The number of carbonyl (C=O) groups excluding carboxylic acids is 1. The van der Waals surface area contributed by atoms with Gasteiger partial charge < -0.3 is 20.9 Å². The van der Waals surface area contributed by atoms with Gasteiger partial charge in [-0.3, -0.25) is 0 Å². The number of urea groups is 1. The Hall–Kier alpha value is -2.57. The predicted molar refractivity (Wildman–Crippen MR) is 70.6 cm³/mol. The lowest BCUT2D eigenvalue weighted by Crippen LogP contribution is -2.30. The first-order chi connectivity index (χ1) is 9.13. The predicted octanol–water partition coefficient (Wildman–Crippen LogP) is 1.32. The van der Waals surface area contributed by atoms with Crippen LogP contribution in [0.15, 0.2) is 28.8 Å². The first-order valence-corrected chi connectivity index (χ1v) is 5.83. The Labute approximate surface area is 110 Å². The zero-order chi connectivity index (χ0) is 13.7. The van der Waals surface area contributed by atoms with E-state index >= 15 is 0 Å². The number of benzene rings is 1. The van der Waals surface area contributed by atoms with Gasteiger partial charge in [0.25, 0.3) is 0 Å². The van der Waals surface area contributed by atoms with Gasteiger partial charge in [0.2, 0.25) is 5.89 Å². The molecule has 7 nitrogen and oxygen atoms in total. The molecule has 0 saturated carbocycles. The summed E-state index contributed by atoms with van der Waals surface area (Å²) >= 11 is 0. The molecule has 1 aromatic carbocycles. The van der Waals surface area contributed by atoms with Gasteiger partial charge in [0.1, 0.15) is 0 Å². The summed E-state index contributed by atoms with van der Waals surface area (Å²) in [5, 5.41) is 9.05. The molecule has 100 valence electrons. The summed E-state index contributed by atoms with van der Waals surface area (Å²) in [6.45, 7) is 2.16. The van der Waals surface area contributed by atoms with Crippen molar-refractivity contribution in [2.24, 2.45) is 0 Å². The van der Waals surface area contributed by atoms with E-state index in [1.54, 1.807) is 31.2 Å². The number of nitrogens with one attached hydrogen (secondary N) is 2. The average Bonchev–Trinajstić information content (AvgIpc) is 2.78. The van der Waals surface area contributed by atoms with Crippen LogP contribution in [0.4, 0.5) is 16.2 Å². The lowest BCUT2D eigenvalue weighted by atomic mass is 10.3. The van der Waals surface area contributed by atoms with E-state index in [1.807, 2.05) is 0 Å². The van der Waals surface area contributed by atoms with Crippen molar-refractivity contribution in [2.45, 2.75) is 13.3 Å². The molecule has 7 heteroatoms. The number of hydrogen-bond acceptors (Lipinski definition) is 5. The highest BCUT2D eigenvalue weighted by Gasteiger charge is 2.04. The summed E-state index contributed by atoms with van der Waals surface area (Å²) < 4.78 is 4.93. The minimum absolute atomic E-state index is 0.291. The number of rotatable bonds is 4. The Morgan fingerprint density at radius 1 is 1.37 bits per heavy atom. The Balaban J connectivity index is 1.74. The molecule has 0 fully saturated rings. The van der Waals surface area contributed by atoms with Crippen LogP contribution in [0.5, 0.6) is 0 Å². The van der Waals surface area contributed by atoms with E-state index in [0.717, 1.165) is 0 Å². The van der Waals surface area contributed by atoms with Crippen LogP contribution >= 0.6 is 0 Å². The summed E-state index contributed by atoms with van der Waals surface area (Å²) in [4.78, 5) is 15.6. The van der Waals surface area contributed by atoms with Gasteiger partial charge in [0.15, 0.2) is 5.82 Å². The minimum Gasteiger partial charge on any atom is -0.399 e. The van der Waals surface area contributed by atoms with E-state index in [4.69, 9.17) is 10.3 Å². The van der Waals surface area contributed by atoms with Crippen molar-refractivity contribution in [1.82, 2.24) is 15.5 Å². The van der Waals surface area contributed by atoms with Crippen molar-refractivity contribution in [3.05, 3.63) is 36.0 Å². The number of nitrogens with zero attached hydrogens (tertiary/aromatic N) is 2. The lowest BCUT2D eigenvalue weighted by molar-refractivity contribution is 0.252. The molecule has 0 saturated heterocycles. The highest BCUT2D eigenvalue weighted by atomic mass is 16.5. The number of carbonyl (C=O) groups is 1. The highest BCUT2D eigenvalue weighted by Crippen LogP contribution is 2.09. The average molecular weight is 261 g/mol. The van der Waals surface area contributed by atoms with Crippen LogP contribution in [0.2, 0.25) is 0 Å². The van der Waals surface area contributed by atoms with Gasteiger partial charge in [-0.25, -0.2) is 4.79 Å². The van der Waals surface area contributed by atoms with Crippen LogP contribution in [-0.4, -0.2) is 22.7 Å². The molecule has 1 aromatic heterocycles. The van der Waals surface area contributed by atoms with E-state index in [9.17, 15) is 4.79 Å². The third-order valence-corrected chi connectivity index (χ3v) is 2.36. The molecule has 0 unspecified atom stereocenters. The van der Waals surface area contributed by atoms with E-state index < -0.39 is 0 Å². The summed E-state index contributed by atoms with van der Waals surface area (Å²) in [7, 11) is 0. The van der Waals surface area contributed by atoms with Gasteiger partial charge in [0.05, 0.1) is 0 Å². The van der Waals surface area contributed by atoms with Crippen molar-refractivity contribution >= 4 is 17.4 Å². The SMILES string of the molecule is Cc1noc(CCNC(=O)Nc2ccc(N)cc2)n1. The fourth-order valence-electron chi connectivity index (χ4n) is 1.47. The molecule has 0 atom stereocenters. The Bertz CT molecular complexity index is 550. The van der Waals surface area contributed by atoms with Crippen LogP contribution in [0, 0.1) is 6.92 Å². The molecule has 19 heavy (non-hydrogen) atoms. The summed E-state index contributed by atoms with van der Waals surface area (Å²) in [6.07, 6.45) is 0.496. The van der Waals surface area contributed by atoms with Gasteiger partial charge in [-0.05, 0) is 31.2 Å². The van der Waals surface area contributed by atoms with Crippen molar-refractivity contribution in [2.75, 3.05) is 17.6 Å². The minimum atomic E-state index is -0.291. The molecular formula is C12H15N5O2. The van der Waals surface area contributed by atoms with Crippen LogP contribution in [0.3, 0.4) is 0 Å².